The topological polar surface area (TPSA) is 40.1 Å². The molecule has 0 bridgehead atoms. The van der Waals surface area contributed by atoms with Crippen molar-refractivity contribution in [1.82, 2.24) is 15.1 Å². The molecule has 0 saturated carbocycles. The van der Waals surface area contributed by atoms with Gasteiger partial charge in [0.15, 0.2) is 5.96 Å². The average Bonchev–Trinajstić information content (AvgIpc) is 2.58. The van der Waals surface area contributed by atoms with Crippen LogP contribution in [0.1, 0.15) is 26.3 Å². The minimum atomic E-state index is 0. The first-order chi connectivity index (χ1) is 12.4. The fourth-order valence-electron chi connectivity index (χ4n) is 2.90. The van der Waals surface area contributed by atoms with E-state index in [1.807, 2.05) is 23.9 Å². The third kappa shape index (κ3) is 8.48. The lowest BCUT2D eigenvalue weighted by atomic mass is 10.2. The fourth-order valence-corrected chi connectivity index (χ4v) is 4.01. The first-order valence-corrected chi connectivity index (χ1v) is 10.4. The van der Waals surface area contributed by atoms with Crippen LogP contribution in [0.25, 0.3) is 0 Å². The molecule has 0 aliphatic carbocycles. The number of nitrogens with zero attached hydrogens (tertiary/aromatic N) is 3. The Morgan fingerprint density at radius 1 is 1.33 bits per heavy atom. The van der Waals surface area contributed by atoms with Crippen LogP contribution >= 0.6 is 35.7 Å². The van der Waals surface area contributed by atoms with Crippen LogP contribution in [-0.4, -0.2) is 73.1 Å². The van der Waals surface area contributed by atoms with E-state index in [0.29, 0.717) is 13.2 Å². The van der Waals surface area contributed by atoms with Gasteiger partial charge in [-0.25, -0.2) is 4.99 Å². The molecule has 5 nitrogen and oxygen atoms in total. The number of rotatable bonds is 7. The lowest BCUT2D eigenvalue weighted by molar-refractivity contribution is 0.259. The largest absolute Gasteiger partial charge is 0.492 e. The molecule has 1 aliphatic heterocycles. The minimum Gasteiger partial charge on any atom is -0.492 e. The predicted octanol–water partition coefficient (Wildman–Crippen LogP) is 3.54. The minimum absolute atomic E-state index is 0. The van der Waals surface area contributed by atoms with Crippen LogP contribution in [0.2, 0.25) is 0 Å². The van der Waals surface area contributed by atoms with Gasteiger partial charge in [0.25, 0.3) is 0 Å². The third-order valence-corrected chi connectivity index (χ3v) is 5.53. The molecule has 2 rings (SSSR count). The molecule has 0 amide bonds. The van der Waals surface area contributed by atoms with Crippen molar-refractivity contribution in [2.24, 2.45) is 4.99 Å². The molecule has 1 aromatic rings. The number of halogens is 1. The van der Waals surface area contributed by atoms with Crippen molar-refractivity contribution in [2.75, 3.05) is 52.6 Å². The van der Waals surface area contributed by atoms with Gasteiger partial charge in [-0.2, -0.15) is 11.8 Å². The van der Waals surface area contributed by atoms with Crippen molar-refractivity contribution in [3.05, 3.63) is 29.8 Å². The number of benzene rings is 1. The number of para-hydroxylation sites is 1. The molecule has 1 heterocycles. The van der Waals surface area contributed by atoms with Crippen LogP contribution in [0.4, 0.5) is 0 Å². The smallest absolute Gasteiger partial charge is 0.194 e. The Morgan fingerprint density at radius 3 is 2.74 bits per heavy atom. The summed E-state index contributed by atoms with van der Waals surface area (Å²) in [6, 6.07) is 8.22. The predicted molar refractivity (Wildman–Crippen MR) is 129 cm³/mol. The summed E-state index contributed by atoms with van der Waals surface area (Å²) in [6.45, 7) is 11.9. The zero-order chi connectivity index (χ0) is 19.0. The Balaban J connectivity index is 0.00000364. The van der Waals surface area contributed by atoms with E-state index in [4.69, 9.17) is 9.73 Å². The highest BCUT2D eigenvalue weighted by molar-refractivity contribution is 14.0. The first-order valence-electron chi connectivity index (χ1n) is 9.44. The van der Waals surface area contributed by atoms with Gasteiger partial charge in [0.1, 0.15) is 12.4 Å². The standard InChI is InChI=1S/C20H34N4OS.HI/c1-6-21-19(24-12-14-26-20(2,3)16-24)22-15-17-9-7-8-10-18(17)25-13-11-23(4)5;/h7-10H,6,11-16H2,1-5H3,(H,21,22);1H. The molecule has 7 heteroatoms. The Morgan fingerprint density at radius 2 is 2.07 bits per heavy atom. The number of likely N-dealkylation sites (N-methyl/N-ethyl adjacent to an activating group) is 1. The van der Waals surface area contributed by atoms with Crippen molar-refractivity contribution in [2.45, 2.75) is 32.1 Å². The number of ether oxygens (including phenoxy) is 1. The lowest BCUT2D eigenvalue weighted by Crippen LogP contribution is -2.50. The zero-order valence-corrected chi connectivity index (χ0v) is 20.5. The monoisotopic (exact) mass is 506 g/mol. The van der Waals surface area contributed by atoms with Crippen molar-refractivity contribution in [3.63, 3.8) is 0 Å². The van der Waals surface area contributed by atoms with Crippen LogP contribution in [-0.2, 0) is 6.54 Å². The average molecular weight is 506 g/mol. The van der Waals surface area contributed by atoms with E-state index < -0.39 is 0 Å². The number of thioether (sulfide) groups is 1. The summed E-state index contributed by atoms with van der Waals surface area (Å²) in [7, 11) is 4.11. The summed E-state index contributed by atoms with van der Waals surface area (Å²) >= 11 is 2.04. The van der Waals surface area contributed by atoms with Gasteiger partial charge in [-0.15, -0.1) is 24.0 Å². The summed E-state index contributed by atoms with van der Waals surface area (Å²) in [5, 5.41) is 3.46. The molecule has 0 unspecified atom stereocenters. The molecule has 0 spiro atoms. The van der Waals surface area contributed by atoms with Crippen molar-refractivity contribution >= 4 is 41.7 Å². The zero-order valence-electron chi connectivity index (χ0n) is 17.3. The van der Waals surface area contributed by atoms with Gasteiger partial charge in [0.05, 0.1) is 6.54 Å². The number of aliphatic imine (C=N–C) groups is 1. The van der Waals surface area contributed by atoms with Gasteiger partial charge in [-0.05, 0) is 40.9 Å². The van der Waals surface area contributed by atoms with E-state index in [9.17, 15) is 0 Å². The maximum Gasteiger partial charge on any atom is 0.194 e. The molecule has 1 aliphatic rings. The second-order valence-corrected chi connectivity index (χ2v) is 9.26. The molecule has 1 aromatic carbocycles. The molecule has 1 fully saturated rings. The number of nitrogens with one attached hydrogen (secondary N) is 1. The van der Waals surface area contributed by atoms with E-state index in [2.05, 4.69) is 62.1 Å². The van der Waals surface area contributed by atoms with E-state index in [-0.39, 0.29) is 28.7 Å². The second-order valence-electron chi connectivity index (χ2n) is 7.46. The van der Waals surface area contributed by atoms with Gasteiger partial charge in [-0.3, -0.25) is 0 Å². The maximum absolute atomic E-state index is 5.97. The van der Waals surface area contributed by atoms with E-state index in [1.54, 1.807) is 0 Å². The maximum atomic E-state index is 5.97. The molecular weight excluding hydrogens is 471 g/mol. The molecule has 0 atom stereocenters. The molecular formula is C20H35IN4OS. The molecule has 1 saturated heterocycles. The Kier molecular flexibility index (Phi) is 10.8. The highest BCUT2D eigenvalue weighted by Crippen LogP contribution is 2.29. The van der Waals surface area contributed by atoms with Crippen molar-refractivity contribution in [1.29, 1.82) is 0 Å². The molecule has 1 N–H and O–H groups in total. The van der Waals surface area contributed by atoms with Crippen LogP contribution in [0, 0.1) is 0 Å². The van der Waals surface area contributed by atoms with Crippen LogP contribution in [0.5, 0.6) is 5.75 Å². The second kappa shape index (κ2) is 12.0. The number of hydrogen-bond donors (Lipinski definition) is 1. The SMILES string of the molecule is CCNC(=NCc1ccccc1OCCN(C)C)N1CCSC(C)(C)C1.I. The van der Waals surface area contributed by atoms with Crippen molar-refractivity contribution < 1.29 is 4.74 Å². The molecule has 0 radical (unpaired) electrons. The summed E-state index contributed by atoms with van der Waals surface area (Å²) in [5.41, 5.74) is 1.13. The molecule has 154 valence electrons. The van der Waals surface area contributed by atoms with Crippen molar-refractivity contribution in [3.8, 4) is 5.75 Å². The van der Waals surface area contributed by atoms with Gasteiger partial charge in [-0.1, -0.05) is 18.2 Å². The number of guanidine groups is 1. The normalized spacial score (nSPS) is 16.8. The van der Waals surface area contributed by atoms with Gasteiger partial charge in [0, 0.05) is 42.2 Å². The highest BCUT2D eigenvalue weighted by atomic mass is 127. The molecule has 27 heavy (non-hydrogen) atoms. The Hall–Kier alpha value is -0.670. The number of hydrogen-bond acceptors (Lipinski definition) is 4. The van der Waals surface area contributed by atoms with E-state index in [0.717, 1.165) is 49.2 Å². The van der Waals surface area contributed by atoms with Gasteiger partial charge in [0.2, 0.25) is 0 Å². The van der Waals surface area contributed by atoms with Crippen LogP contribution in [0.15, 0.2) is 29.3 Å². The first kappa shape index (κ1) is 24.4. The lowest BCUT2D eigenvalue weighted by Gasteiger charge is -2.39. The Labute approximate surface area is 186 Å². The summed E-state index contributed by atoms with van der Waals surface area (Å²) < 4.78 is 6.24. The summed E-state index contributed by atoms with van der Waals surface area (Å²) in [4.78, 5) is 9.42. The van der Waals surface area contributed by atoms with Gasteiger partial charge < -0.3 is 19.9 Å². The van der Waals surface area contributed by atoms with E-state index >= 15 is 0 Å². The van der Waals surface area contributed by atoms with Crippen LogP contribution in [0.3, 0.4) is 0 Å². The molecule has 0 aromatic heterocycles. The van der Waals surface area contributed by atoms with Gasteiger partial charge >= 0.3 is 0 Å². The summed E-state index contributed by atoms with van der Waals surface area (Å²) in [5.74, 6) is 3.08. The fraction of sp³-hybridized carbons (Fsp3) is 0.650. The van der Waals surface area contributed by atoms with E-state index in [1.165, 1.54) is 0 Å². The van der Waals surface area contributed by atoms with Crippen LogP contribution < -0.4 is 10.1 Å². The quantitative estimate of drug-likeness (QED) is 0.348. The summed E-state index contributed by atoms with van der Waals surface area (Å²) in [6.07, 6.45) is 0. The highest BCUT2D eigenvalue weighted by Gasteiger charge is 2.28. The third-order valence-electron chi connectivity index (χ3n) is 4.23. The Bertz CT molecular complexity index is 595.